The molecule has 3 aliphatic rings. The molecule has 222 valence electrons. The molecule has 2 aliphatic heterocycles. The first-order valence-electron chi connectivity index (χ1n) is 14.7. The van der Waals surface area contributed by atoms with Gasteiger partial charge in [0.05, 0.1) is 6.54 Å². The summed E-state index contributed by atoms with van der Waals surface area (Å²) < 4.78 is 25.7. The van der Waals surface area contributed by atoms with Crippen LogP contribution in [0.3, 0.4) is 0 Å². The molecule has 3 aromatic rings. The number of halogens is 1. The van der Waals surface area contributed by atoms with E-state index in [0.29, 0.717) is 29.6 Å². The van der Waals surface area contributed by atoms with Gasteiger partial charge < -0.3 is 29.8 Å². The van der Waals surface area contributed by atoms with Gasteiger partial charge in [0.2, 0.25) is 11.8 Å². The maximum atomic E-state index is 14.1. The summed E-state index contributed by atoms with van der Waals surface area (Å²) >= 11 is 0. The number of aliphatic carboxylic acids is 1. The lowest BCUT2D eigenvalue weighted by atomic mass is 10.0. The number of carboxylic acids is 1. The molecule has 10 nitrogen and oxygen atoms in total. The Morgan fingerprint density at radius 2 is 1.88 bits per heavy atom. The molecule has 2 amide bonds. The van der Waals surface area contributed by atoms with Crippen LogP contribution in [-0.2, 0) is 14.4 Å². The molecule has 0 radical (unpaired) electrons. The summed E-state index contributed by atoms with van der Waals surface area (Å²) in [4.78, 5) is 46.0. The van der Waals surface area contributed by atoms with E-state index in [0.717, 1.165) is 38.5 Å². The third kappa shape index (κ3) is 5.77. The number of hydrogen-bond acceptors (Lipinski definition) is 7. The van der Waals surface area contributed by atoms with Crippen LogP contribution >= 0.6 is 0 Å². The third-order valence-electron chi connectivity index (χ3n) is 8.73. The Kier molecular flexibility index (Phi) is 7.74. The summed E-state index contributed by atoms with van der Waals surface area (Å²) in [6.07, 6.45) is 5.66. The first-order valence-corrected chi connectivity index (χ1v) is 14.7. The van der Waals surface area contributed by atoms with E-state index in [2.05, 4.69) is 15.6 Å². The Labute approximate surface area is 242 Å². The van der Waals surface area contributed by atoms with E-state index in [1.807, 2.05) is 12.1 Å². The average Bonchev–Trinajstić information content (AvgIpc) is 3.28. The molecule has 3 fully saturated rings. The van der Waals surface area contributed by atoms with Crippen molar-refractivity contribution in [1.29, 1.82) is 0 Å². The number of oxazole rings is 1. The second-order valence-electron chi connectivity index (χ2n) is 11.6. The van der Waals surface area contributed by atoms with Gasteiger partial charge in [-0.05, 0) is 55.5 Å². The zero-order valence-corrected chi connectivity index (χ0v) is 23.3. The molecular formula is C31H35FN4O6. The Morgan fingerprint density at radius 3 is 2.67 bits per heavy atom. The Bertz CT molecular complexity index is 1450. The topological polar surface area (TPSA) is 134 Å². The van der Waals surface area contributed by atoms with Crippen molar-refractivity contribution in [3.05, 3.63) is 54.3 Å². The number of nitrogens with zero attached hydrogens (tertiary/aromatic N) is 2. The Morgan fingerprint density at radius 1 is 1.10 bits per heavy atom. The number of fused-ring (bicyclic) bond motifs is 3. The second kappa shape index (κ2) is 11.6. The van der Waals surface area contributed by atoms with Gasteiger partial charge in [-0.15, -0.1) is 0 Å². The molecule has 3 N–H and O–H groups in total. The number of rotatable bonds is 5. The lowest BCUT2D eigenvalue weighted by Gasteiger charge is -2.30. The first kappa shape index (κ1) is 28.0. The van der Waals surface area contributed by atoms with Gasteiger partial charge in [0, 0.05) is 12.1 Å². The summed E-state index contributed by atoms with van der Waals surface area (Å²) in [5.74, 6) is -2.45. The van der Waals surface area contributed by atoms with Gasteiger partial charge in [-0.2, -0.15) is 4.98 Å². The van der Waals surface area contributed by atoms with E-state index in [-0.39, 0.29) is 30.9 Å². The monoisotopic (exact) mass is 578 g/mol. The zero-order chi connectivity index (χ0) is 29.3. The summed E-state index contributed by atoms with van der Waals surface area (Å²) in [6.45, 7) is 0.0838. The molecule has 42 heavy (non-hydrogen) atoms. The van der Waals surface area contributed by atoms with Crippen LogP contribution in [0, 0.1) is 11.7 Å². The normalized spacial score (nSPS) is 28.6. The highest BCUT2D eigenvalue weighted by Crippen LogP contribution is 2.47. The summed E-state index contributed by atoms with van der Waals surface area (Å²) in [5, 5.41) is 16.1. The standard InChI is InChI=1S/C31H35FN4O6/c32-20-10-8-11-21(15-20)33-24-13-5-3-1-2-4-9-19-17-31(19,29(39)40)35-27(37)25-16-22(18-36(25)28(24)38)41-30-34-23-12-6-7-14-26(23)42-30/h6-8,10-12,14-15,19,22,24-25,33H,1-5,9,13,16-18H2,(H,35,37)(H,39,40)/t19-,22-,24+,25+,31-/m1/s1. The summed E-state index contributed by atoms with van der Waals surface area (Å²) in [6, 6.07) is 11.5. The number of hydrogen-bond donors (Lipinski definition) is 3. The summed E-state index contributed by atoms with van der Waals surface area (Å²) in [7, 11) is 0. The van der Waals surface area contributed by atoms with Gasteiger partial charge >= 0.3 is 12.0 Å². The fourth-order valence-corrected chi connectivity index (χ4v) is 6.38. The molecular weight excluding hydrogens is 543 g/mol. The highest BCUT2D eigenvalue weighted by atomic mass is 19.1. The minimum absolute atomic E-state index is 0.0375. The molecule has 1 aliphatic carbocycles. The van der Waals surface area contributed by atoms with Crippen molar-refractivity contribution in [2.24, 2.45) is 5.92 Å². The van der Waals surface area contributed by atoms with Gasteiger partial charge in [-0.3, -0.25) is 9.59 Å². The molecule has 1 aromatic heterocycles. The largest absolute Gasteiger partial charge is 0.479 e. The average molecular weight is 579 g/mol. The van der Waals surface area contributed by atoms with E-state index >= 15 is 0 Å². The van der Waals surface area contributed by atoms with Crippen LogP contribution in [0.25, 0.3) is 11.1 Å². The smallest absolute Gasteiger partial charge is 0.394 e. The first-order chi connectivity index (χ1) is 20.3. The summed E-state index contributed by atoms with van der Waals surface area (Å²) in [5.41, 5.74) is 0.328. The van der Waals surface area contributed by atoms with E-state index in [9.17, 15) is 23.9 Å². The Balaban J connectivity index is 1.28. The minimum Gasteiger partial charge on any atom is -0.479 e. The number of anilines is 1. The van der Waals surface area contributed by atoms with Crippen LogP contribution < -0.4 is 15.4 Å². The van der Waals surface area contributed by atoms with Crippen molar-refractivity contribution in [3.63, 3.8) is 0 Å². The van der Waals surface area contributed by atoms with Crippen LogP contribution in [0.1, 0.15) is 57.8 Å². The maximum Gasteiger partial charge on any atom is 0.394 e. The number of nitrogens with one attached hydrogen (secondary N) is 2. The fourth-order valence-electron chi connectivity index (χ4n) is 6.38. The van der Waals surface area contributed by atoms with E-state index < -0.39 is 41.4 Å². The second-order valence-corrected chi connectivity index (χ2v) is 11.6. The Hall–Kier alpha value is -4.15. The number of ether oxygens (including phenoxy) is 1. The van der Waals surface area contributed by atoms with Crippen LogP contribution in [0.15, 0.2) is 52.9 Å². The fraction of sp³-hybridized carbons (Fsp3) is 0.484. The molecule has 0 unspecified atom stereocenters. The molecule has 6 rings (SSSR count). The minimum atomic E-state index is -1.32. The van der Waals surface area contributed by atoms with Crippen LogP contribution in [0.2, 0.25) is 0 Å². The maximum absolute atomic E-state index is 14.1. The number of carbonyl (C=O) groups excluding carboxylic acids is 2. The van der Waals surface area contributed by atoms with E-state index in [1.165, 1.54) is 17.0 Å². The number of aromatic nitrogens is 1. The van der Waals surface area contributed by atoms with Gasteiger partial charge in [0.15, 0.2) is 5.58 Å². The number of carboxylic acid groups (broad SMARTS) is 1. The van der Waals surface area contributed by atoms with E-state index in [1.54, 1.807) is 24.3 Å². The quantitative estimate of drug-likeness (QED) is 0.403. The molecule has 11 heteroatoms. The predicted octanol–water partition coefficient (Wildman–Crippen LogP) is 4.50. The van der Waals surface area contributed by atoms with Gasteiger partial charge in [-0.25, -0.2) is 9.18 Å². The van der Waals surface area contributed by atoms with Gasteiger partial charge in [0.25, 0.3) is 0 Å². The SMILES string of the molecule is O=C1N[C@]2(C(=O)O)C[C@H]2CCCCCCC[C@H](Nc2cccc(F)c2)C(=O)N2C[C@H](Oc3nc4ccccc4o3)C[C@@H]12. The van der Waals surface area contributed by atoms with Gasteiger partial charge in [-0.1, -0.05) is 50.3 Å². The number of benzene rings is 2. The lowest BCUT2D eigenvalue weighted by molar-refractivity contribution is -0.145. The van der Waals surface area contributed by atoms with Crippen molar-refractivity contribution < 1.29 is 33.0 Å². The van der Waals surface area contributed by atoms with Crippen molar-refractivity contribution in [2.45, 2.75) is 81.5 Å². The molecule has 5 atom stereocenters. The zero-order valence-electron chi connectivity index (χ0n) is 23.3. The number of carbonyl (C=O) groups is 3. The molecule has 1 saturated carbocycles. The highest BCUT2D eigenvalue weighted by Gasteiger charge is 2.62. The van der Waals surface area contributed by atoms with Crippen molar-refractivity contribution >= 4 is 34.6 Å². The van der Waals surface area contributed by atoms with Crippen molar-refractivity contribution in [3.8, 4) is 6.08 Å². The predicted molar refractivity (Wildman–Crippen MR) is 151 cm³/mol. The van der Waals surface area contributed by atoms with Crippen LogP contribution in [-0.4, -0.2) is 63.0 Å². The molecule has 0 spiro atoms. The van der Waals surface area contributed by atoms with Crippen molar-refractivity contribution in [2.75, 3.05) is 11.9 Å². The molecule has 2 aromatic carbocycles. The number of para-hydroxylation sites is 2. The van der Waals surface area contributed by atoms with Crippen molar-refractivity contribution in [1.82, 2.24) is 15.2 Å². The molecule has 2 saturated heterocycles. The van der Waals surface area contributed by atoms with E-state index in [4.69, 9.17) is 9.15 Å². The molecule has 0 bridgehead atoms. The van der Waals surface area contributed by atoms with Crippen LogP contribution in [0.5, 0.6) is 6.08 Å². The van der Waals surface area contributed by atoms with Gasteiger partial charge in [0.1, 0.15) is 35.1 Å². The lowest BCUT2D eigenvalue weighted by Crippen LogP contribution is -2.55. The highest BCUT2D eigenvalue weighted by molar-refractivity contribution is 5.95. The van der Waals surface area contributed by atoms with Crippen LogP contribution in [0.4, 0.5) is 10.1 Å². The third-order valence-corrected chi connectivity index (χ3v) is 8.73. The number of amides is 2. The molecule has 3 heterocycles.